The molecule has 136 valence electrons. The Balaban J connectivity index is 1.71. The molecular weight excluding hydrogens is 322 g/mol. The van der Waals surface area contributed by atoms with E-state index in [1.54, 1.807) is 11.3 Å². The molecule has 6 nitrogen and oxygen atoms in total. The molecule has 1 aromatic heterocycles. The maximum atomic E-state index is 9.53. The largest absolute Gasteiger partial charge is 0.393 e. The van der Waals surface area contributed by atoms with Gasteiger partial charge in [-0.3, -0.25) is 0 Å². The lowest BCUT2D eigenvalue weighted by atomic mass is 10.1. The van der Waals surface area contributed by atoms with Gasteiger partial charge in [-0.15, -0.1) is 11.3 Å². The quantitative estimate of drug-likeness (QED) is 0.395. The van der Waals surface area contributed by atoms with Gasteiger partial charge in [0, 0.05) is 31.1 Å². The third-order valence-electron chi connectivity index (χ3n) is 4.29. The zero-order valence-corrected chi connectivity index (χ0v) is 16.0. The molecule has 3 N–H and O–H groups in total. The number of rotatable bonds is 7. The minimum absolute atomic E-state index is 0.0926. The molecule has 0 unspecified atom stereocenters. The third kappa shape index (κ3) is 6.37. The summed E-state index contributed by atoms with van der Waals surface area (Å²) in [5.41, 5.74) is 1.11. The number of guanidine groups is 1. The fourth-order valence-electron chi connectivity index (χ4n) is 2.75. The SMILES string of the molecule is CCNC(=NCc1nc(C)c(C)s1)NCCCN1CCC(O)CC1. The molecule has 0 saturated carbocycles. The molecule has 2 heterocycles. The molecule has 1 aliphatic rings. The lowest BCUT2D eigenvalue weighted by Gasteiger charge is -2.29. The summed E-state index contributed by atoms with van der Waals surface area (Å²) in [5, 5.41) is 17.3. The molecule has 1 saturated heterocycles. The molecular formula is C17H31N5OS. The molecule has 2 rings (SSSR count). The first-order chi connectivity index (χ1) is 11.6. The molecule has 7 heteroatoms. The number of aliphatic hydroxyl groups excluding tert-OH is 1. The lowest BCUT2D eigenvalue weighted by Crippen LogP contribution is -2.40. The summed E-state index contributed by atoms with van der Waals surface area (Å²) < 4.78 is 0. The number of hydrogen-bond donors (Lipinski definition) is 3. The lowest BCUT2D eigenvalue weighted by molar-refractivity contribution is 0.0823. The van der Waals surface area contributed by atoms with E-state index in [9.17, 15) is 5.11 Å². The highest BCUT2D eigenvalue weighted by Crippen LogP contribution is 2.16. The fraction of sp³-hybridized carbons (Fsp3) is 0.765. The van der Waals surface area contributed by atoms with Gasteiger partial charge in [-0.1, -0.05) is 0 Å². The highest BCUT2D eigenvalue weighted by Gasteiger charge is 2.16. The van der Waals surface area contributed by atoms with Crippen molar-refractivity contribution < 1.29 is 5.11 Å². The number of nitrogens with zero attached hydrogens (tertiary/aromatic N) is 3. The Kier molecular flexibility index (Phi) is 7.94. The number of piperidine rings is 1. The van der Waals surface area contributed by atoms with Crippen molar-refractivity contribution in [2.45, 2.75) is 52.7 Å². The predicted octanol–water partition coefficient (Wildman–Crippen LogP) is 1.66. The van der Waals surface area contributed by atoms with Crippen molar-refractivity contribution >= 4 is 17.3 Å². The van der Waals surface area contributed by atoms with Crippen LogP contribution in [0.2, 0.25) is 0 Å². The van der Waals surface area contributed by atoms with Crippen LogP contribution in [-0.4, -0.2) is 59.8 Å². The van der Waals surface area contributed by atoms with E-state index in [2.05, 4.69) is 39.4 Å². The Hall–Kier alpha value is -1.18. The normalized spacial score (nSPS) is 17.2. The van der Waals surface area contributed by atoms with E-state index in [0.29, 0.717) is 6.54 Å². The summed E-state index contributed by atoms with van der Waals surface area (Å²) in [6.07, 6.45) is 2.80. The number of likely N-dealkylation sites (tertiary alicyclic amines) is 1. The van der Waals surface area contributed by atoms with Crippen LogP contribution in [0, 0.1) is 13.8 Å². The van der Waals surface area contributed by atoms with Gasteiger partial charge in [0.25, 0.3) is 0 Å². The number of aryl methyl sites for hydroxylation is 2. The molecule has 0 amide bonds. The first kappa shape index (κ1) is 19.1. The van der Waals surface area contributed by atoms with Gasteiger partial charge < -0.3 is 20.6 Å². The predicted molar refractivity (Wildman–Crippen MR) is 101 cm³/mol. The summed E-state index contributed by atoms with van der Waals surface area (Å²) in [6.45, 7) is 11.7. The van der Waals surface area contributed by atoms with Crippen LogP contribution in [0.3, 0.4) is 0 Å². The molecule has 1 aliphatic heterocycles. The van der Waals surface area contributed by atoms with Gasteiger partial charge >= 0.3 is 0 Å². The molecule has 0 aliphatic carbocycles. The fourth-order valence-corrected chi connectivity index (χ4v) is 3.61. The number of nitrogens with one attached hydrogen (secondary N) is 2. The van der Waals surface area contributed by atoms with Crippen molar-refractivity contribution in [3.05, 3.63) is 15.6 Å². The van der Waals surface area contributed by atoms with Crippen LogP contribution in [0.1, 0.15) is 41.8 Å². The average Bonchev–Trinajstić information content (AvgIpc) is 2.89. The van der Waals surface area contributed by atoms with Gasteiger partial charge in [0.1, 0.15) is 5.01 Å². The molecule has 0 aromatic carbocycles. The van der Waals surface area contributed by atoms with Crippen molar-refractivity contribution in [2.75, 3.05) is 32.7 Å². The Morgan fingerprint density at radius 3 is 2.71 bits per heavy atom. The van der Waals surface area contributed by atoms with Crippen LogP contribution in [0.15, 0.2) is 4.99 Å². The van der Waals surface area contributed by atoms with Crippen molar-refractivity contribution in [3.8, 4) is 0 Å². The number of aromatic nitrogens is 1. The highest BCUT2D eigenvalue weighted by molar-refractivity contribution is 7.11. The van der Waals surface area contributed by atoms with Crippen molar-refractivity contribution in [2.24, 2.45) is 4.99 Å². The van der Waals surface area contributed by atoms with Crippen molar-refractivity contribution in [1.29, 1.82) is 0 Å². The van der Waals surface area contributed by atoms with Crippen molar-refractivity contribution in [1.82, 2.24) is 20.5 Å². The first-order valence-electron chi connectivity index (χ1n) is 8.94. The summed E-state index contributed by atoms with van der Waals surface area (Å²) in [7, 11) is 0. The van der Waals surface area contributed by atoms with Gasteiger partial charge in [-0.05, 0) is 46.6 Å². The van der Waals surface area contributed by atoms with Crippen LogP contribution >= 0.6 is 11.3 Å². The maximum absolute atomic E-state index is 9.53. The maximum Gasteiger partial charge on any atom is 0.191 e. The zero-order valence-electron chi connectivity index (χ0n) is 15.1. The smallest absolute Gasteiger partial charge is 0.191 e. The number of aliphatic hydroxyl groups is 1. The van der Waals surface area contributed by atoms with E-state index >= 15 is 0 Å². The number of hydrogen-bond acceptors (Lipinski definition) is 5. The van der Waals surface area contributed by atoms with Crippen LogP contribution < -0.4 is 10.6 Å². The van der Waals surface area contributed by atoms with E-state index in [4.69, 9.17) is 0 Å². The Bertz CT molecular complexity index is 504. The highest BCUT2D eigenvalue weighted by atomic mass is 32.1. The van der Waals surface area contributed by atoms with Gasteiger partial charge in [0.2, 0.25) is 0 Å². The second kappa shape index (κ2) is 9.96. The van der Waals surface area contributed by atoms with Gasteiger partial charge in [-0.2, -0.15) is 0 Å². The summed E-state index contributed by atoms with van der Waals surface area (Å²) in [4.78, 5) is 12.9. The van der Waals surface area contributed by atoms with Gasteiger partial charge in [0.05, 0.1) is 18.3 Å². The van der Waals surface area contributed by atoms with E-state index in [1.165, 1.54) is 4.88 Å². The van der Waals surface area contributed by atoms with Crippen LogP contribution in [0.5, 0.6) is 0 Å². The Labute approximate surface area is 149 Å². The topological polar surface area (TPSA) is 72.8 Å². The molecule has 0 radical (unpaired) electrons. The average molecular weight is 354 g/mol. The first-order valence-corrected chi connectivity index (χ1v) is 9.75. The monoisotopic (exact) mass is 353 g/mol. The summed E-state index contributed by atoms with van der Waals surface area (Å²) in [5.74, 6) is 0.858. The second-order valence-electron chi connectivity index (χ2n) is 6.30. The zero-order chi connectivity index (χ0) is 17.4. The van der Waals surface area contributed by atoms with Crippen LogP contribution in [0.4, 0.5) is 0 Å². The van der Waals surface area contributed by atoms with E-state index in [1.807, 2.05) is 6.92 Å². The molecule has 1 aromatic rings. The Morgan fingerprint density at radius 1 is 1.33 bits per heavy atom. The van der Waals surface area contributed by atoms with E-state index in [0.717, 1.165) is 68.6 Å². The van der Waals surface area contributed by atoms with Gasteiger partial charge in [0.15, 0.2) is 5.96 Å². The minimum Gasteiger partial charge on any atom is -0.393 e. The molecule has 0 atom stereocenters. The Morgan fingerprint density at radius 2 is 2.08 bits per heavy atom. The third-order valence-corrected chi connectivity index (χ3v) is 5.35. The minimum atomic E-state index is -0.0926. The molecule has 24 heavy (non-hydrogen) atoms. The van der Waals surface area contributed by atoms with E-state index < -0.39 is 0 Å². The summed E-state index contributed by atoms with van der Waals surface area (Å²) >= 11 is 1.72. The van der Waals surface area contributed by atoms with E-state index in [-0.39, 0.29) is 6.10 Å². The number of aliphatic imine (C=N–C) groups is 1. The standard InChI is InChI=1S/C17H31N5OS/c1-4-18-17(20-12-16-21-13(2)14(3)24-16)19-8-5-9-22-10-6-15(23)7-11-22/h15,23H,4-12H2,1-3H3,(H2,18,19,20). The van der Waals surface area contributed by atoms with Crippen molar-refractivity contribution in [3.63, 3.8) is 0 Å². The second-order valence-corrected chi connectivity index (χ2v) is 7.59. The number of thiazole rings is 1. The van der Waals surface area contributed by atoms with Crippen LogP contribution in [0.25, 0.3) is 0 Å². The molecule has 0 spiro atoms. The summed E-state index contributed by atoms with van der Waals surface area (Å²) in [6, 6.07) is 0. The molecule has 0 bridgehead atoms. The van der Waals surface area contributed by atoms with Crippen LogP contribution in [-0.2, 0) is 6.54 Å². The van der Waals surface area contributed by atoms with Gasteiger partial charge in [-0.25, -0.2) is 9.98 Å². The molecule has 1 fully saturated rings.